The first kappa shape index (κ1) is 30.1. The van der Waals surface area contributed by atoms with Crippen LogP contribution in [0.4, 0.5) is 18.7 Å². The molecule has 44 heavy (non-hydrogen) atoms. The fraction of sp³-hybridized carbons (Fsp3) is 0.393. The Bertz CT molecular complexity index is 1690. The van der Waals surface area contributed by atoms with Crippen LogP contribution < -0.4 is 15.4 Å². The van der Waals surface area contributed by atoms with Gasteiger partial charge in [-0.25, -0.2) is 28.5 Å². The third-order valence-electron chi connectivity index (χ3n) is 6.95. The molecule has 4 aromatic rings. The standard InChI is InChI=1S/C28H28F2N6O7S/c1-4-31-25(39)36-27-35-19-17(30)13(8-14(23(19)44-27)18-15(29)6-5-7-32-18)12-9-33-26(34-10-12)41-21-20(16(38)11-37)40-24-22(21)42-28(2,3)43-24/h5-10,16,20-22,24,37-38H,4,11H2,1-3H3,(H2,31,35,36,39)/t16?,20-,21+,22-,24-/m1/s1. The number of fused-ring (bicyclic) bond motifs is 2. The number of ether oxygens (including phenoxy) is 4. The molecule has 232 valence electrons. The highest BCUT2D eigenvalue weighted by Crippen LogP contribution is 2.42. The van der Waals surface area contributed by atoms with Crippen molar-refractivity contribution in [3.05, 3.63) is 48.4 Å². The number of aromatic nitrogens is 4. The number of benzene rings is 1. The third kappa shape index (κ3) is 5.67. The molecule has 16 heteroatoms. The summed E-state index contributed by atoms with van der Waals surface area (Å²) in [5.41, 5.74) is 0.349. The highest BCUT2D eigenvalue weighted by Gasteiger charge is 2.58. The van der Waals surface area contributed by atoms with E-state index in [-0.39, 0.29) is 43.7 Å². The molecule has 0 bridgehead atoms. The normalized spacial score (nSPS) is 23.0. The first-order valence-corrected chi connectivity index (χ1v) is 14.5. The van der Waals surface area contributed by atoms with Crippen LogP contribution in [0.15, 0.2) is 36.8 Å². The van der Waals surface area contributed by atoms with Gasteiger partial charge in [0.15, 0.2) is 35.2 Å². The van der Waals surface area contributed by atoms with Gasteiger partial charge in [-0.05, 0) is 39.0 Å². The number of hydrogen-bond acceptors (Lipinski definition) is 12. The Balaban J connectivity index is 1.35. The van der Waals surface area contributed by atoms with E-state index in [2.05, 4.69) is 30.6 Å². The Morgan fingerprint density at radius 1 is 1.20 bits per heavy atom. The van der Waals surface area contributed by atoms with Crippen molar-refractivity contribution < 1.29 is 42.7 Å². The largest absolute Gasteiger partial charge is 0.454 e. The second kappa shape index (κ2) is 11.9. The first-order chi connectivity index (χ1) is 21.1. The van der Waals surface area contributed by atoms with E-state index in [0.29, 0.717) is 6.54 Å². The van der Waals surface area contributed by atoms with E-state index in [1.807, 2.05) is 0 Å². The van der Waals surface area contributed by atoms with E-state index >= 15 is 4.39 Å². The SMILES string of the molecule is CCNC(=O)Nc1nc2c(F)c(-c3cnc(O[C@@H]4[C@H]5OC(C)(C)O[C@H]5O[C@@H]4C(O)CO)nc3)cc(-c3ncccc3F)c2s1. The van der Waals surface area contributed by atoms with Crippen LogP contribution >= 0.6 is 11.3 Å². The van der Waals surface area contributed by atoms with Crippen molar-refractivity contribution in [2.24, 2.45) is 0 Å². The Morgan fingerprint density at radius 2 is 1.98 bits per heavy atom. The summed E-state index contributed by atoms with van der Waals surface area (Å²) in [6, 6.07) is 3.44. The molecular formula is C28H28F2N6O7S. The summed E-state index contributed by atoms with van der Waals surface area (Å²) < 4.78 is 54.5. The molecule has 2 saturated heterocycles. The van der Waals surface area contributed by atoms with Crippen LogP contribution in [0.2, 0.25) is 0 Å². The molecule has 5 heterocycles. The van der Waals surface area contributed by atoms with Gasteiger partial charge in [-0.15, -0.1) is 0 Å². The molecular weight excluding hydrogens is 602 g/mol. The minimum absolute atomic E-state index is 0.00563. The number of pyridine rings is 1. The number of rotatable bonds is 8. The van der Waals surface area contributed by atoms with Crippen LogP contribution in [-0.4, -0.2) is 85.8 Å². The molecule has 3 aromatic heterocycles. The fourth-order valence-corrected chi connectivity index (χ4v) is 6.04. The van der Waals surface area contributed by atoms with Crippen LogP contribution in [0.5, 0.6) is 6.01 Å². The number of urea groups is 1. The second-order valence-corrected chi connectivity index (χ2v) is 11.5. The number of nitrogens with one attached hydrogen (secondary N) is 2. The van der Waals surface area contributed by atoms with Crippen molar-refractivity contribution in [2.75, 3.05) is 18.5 Å². The summed E-state index contributed by atoms with van der Waals surface area (Å²) >= 11 is 0.978. The lowest BCUT2D eigenvalue weighted by Crippen LogP contribution is -2.46. The number of aliphatic hydroxyl groups excluding tert-OH is 2. The Morgan fingerprint density at radius 3 is 2.68 bits per heavy atom. The van der Waals surface area contributed by atoms with Gasteiger partial charge in [-0.3, -0.25) is 10.3 Å². The van der Waals surface area contributed by atoms with Crippen LogP contribution in [0, 0.1) is 11.6 Å². The van der Waals surface area contributed by atoms with Crippen LogP contribution in [0.1, 0.15) is 20.8 Å². The molecule has 0 spiro atoms. The monoisotopic (exact) mass is 630 g/mol. The lowest BCUT2D eigenvalue weighted by Gasteiger charge is -2.27. The van der Waals surface area contributed by atoms with E-state index in [1.165, 1.54) is 36.8 Å². The van der Waals surface area contributed by atoms with Gasteiger partial charge in [-0.1, -0.05) is 11.3 Å². The molecule has 1 aromatic carbocycles. The molecule has 2 aliphatic heterocycles. The van der Waals surface area contributed by atoms with Gasteiger partial charge >= 0.3 is 12.0 Å². The molecule has 2 aliphatic rings. The van der Waals surface area contributed by atoms with E-state index in [4.69, 9.17) is 18.9 Å². The van der Waals surface area contributed by atoms with E-state index in [0.717, 1.165) is 11.3 Å². The molecule has 0 saturated carbocycles. The number of nitrogens with zero attached hydrogens (tertiary/aromatic N) is 4. The predicted molar refractivity (Wildman–Crippen MR) is 153 cm³/mol. The highest BCUT2D eigenvalue weighted by molar-refractivity contribution is 7.22. The van der Waals surface area contributed by atoms with Crippen molar-refractivity contribution in [3.63, 3.8) is 0 Å². The van der Waals surface area contributed by atoms with Gasteiger partial charge in [0.25, 0.3) is 0 Å². The van der Waals surface area contributed by atoms with Crippen molar-refractivity contribution in [2.45, 2.75) is 57.3 Å². The minimum Gasteiger partial charge on any atom is -0.454 e. The second-order valence-electron chi connectivity index (χ2n) is 10.5. The van der Waals surface area contributed by atoms with Gasteiger partial charge in [-0.2, -0.15) is 0 Å². The zero-order valence-corrected chi connectivity index (χ0v) is 24.5. The molecule has 0 radical (unpaired) electrons. The maximum atomic E-state index is 16.0. The lowest BCUT2D eigenvalue weighted by atomic mass is 10.0. The summed E-state index contributed by atoms with van der Waals surface area (Å²) in [5, 5.41) is 25.1. The highest BCUT2D eigenvalue weighted by atomic mass is 32.1. The molecule has 4 N–H and O–H groups in total. The maximum absolute atomic E-state index is 16.0. The van der Waals surface area contributed by atoms with Gasteiger partial charge in [0, 0.05) is 41.8 Å². The average Bonchev–Trinajstić information content (AvgIpc) is 3.65. The molecule has 6 rings (SSSR count). The number of carbonyl (C=O) groups excluding carboxylic acids is 1. The fourth-order valence-electron chi connectivity index (χ4n) is 5.07. The predicted octanol–water partition coefficient (Wildman–Crippen LogP) is 3.21. The topological polar surface area (TPSA) is 170 Å². The summed E-state index contributed by atoms with van der Waals surface area (Å²) in [7, 11) is 0. The number of carbonyl (C=O) groups is 1. The van der Waals surface area contributed by atoms with Crippen molar-refractivity contribution in [1.29, 1.82) is 0 Å². The molecule has 0 aliphatic carbocycles. The van der Waals surface area contributed by atoms with Gasteiger partial charge < -0.3 is 34.5 Å². The summed E-state index contributed by atoms with van der Waals surface area (Å²) in [6.07, 6.45) is -0.797. The van der Waals surface area contributed by atoms with Crippen molar-refractivity contribution >= 4 is 32.7 Å². The Labute approximate surface area is 253 Å². The first-order valence-electron chi connectivity index (χ1n) is 13.7. The smallest absolute Gasteiger partial charge is 0.321 e. The van der Waals surface area contributed by atoms with Gasteiger partial charge in [0.05, 0.1) is 11.3 Å². The van der Waals surface area contributed by atoms with Crippen LogP contribution in [0.3, 0.4) is 0 Å². The van der Waals surface area contributed by atoms with Crippen molar-refractivity contribution in [3.8, 4) is 28.4 Å². The Kier molecular flexibility index (Phi) is 8.12. The average molecular weight is 631 g/mol. The zero-order valence-electron chi connectivity index (χ0n) is 23.7. The Hall–Kier alpha value is -3.93. The number of anilines is 1. The van der Waals surface area contributed by atoms with Gasteiger partial charge in [0.2, 0.25) is 0 Å². The summed E-state index contributed by atoms with van der Waals surface area (Å²) in [6.45, 7) is 4.93. The number of hydrogen-bond donors (Lipinski definition) is 4. The van der Waals surface area contributed by atoms with Gasteiger partial charge in [0.1, 0.15) is 29.2 Å². The van der Waals surface area contributed by atoms with E-state index in [1.54, 1.807) is 20.8 Å². The summed E-state index contributed by atoms with van der Waals surface area (Å²) in [5.74, 6) is -2.34. The lowest BCUT2D eigenvalue weighted by molar-refractivity contribution is -0.225. The third-order valence-corrected chi connectivity index (χ3v) is 7.95. The summed E-state index contributed by atoms with van der Waals surface area (Å²) in [4.78, 5) is 29.0. The molecule has 5 atom stereocenters. The van der Waals surface area contributed by atoms with E-state index in [9.17, 15) is 19.4 Å². The van der Waals surface area contributed by atoms with E-state index < -0.39 is 60.8 Å². The van der Waals surface area contributed by atoms with Crippen LogP contribution in [0.25, 0.3) is 32.6 Å². The maximum Gasteiger partial charge on any atom is 0.321 e. The van der Waals surface area contributed by atoms with Crippen LogP contribution in [-0.2, 0) is 14.2 Å². The molecule has 2 amide bonds. The molecule has 13 nitrogen and oxygen atoms in total. The van der Waals surface area contributed by atoms with Crippen molar-refractivity contribution in [1.82, 2.24) is 25.3 Å². The number of thiazole rings is 1. The zero-order chi connectivity index (χ0) is 31.2. The number of amides is 2. The molecule has 2 fully saturated rings. The molecule has 1 unspecified atom stereocenters. The minimum atomic E-state index is -1.29. The number of halogens is 2. The quantitative estimate of drug-likeness (QED) is 0.225. The number of aliphatic hydroxyl groups is 2.